The minimum absolute atomic E-state index is 0.0723. The van der Waals surface area contributed by atoms with Crippen LogP contribution < -0.4 is 11.2 Å². The van der Waals surface area contributed by atoms with Gasteiger partial charge in [-0.05, 0) is 25.7 Å². The summed E-state index contributed by atoms with van der Waals surface area (Å²) >= 11 is 0. The van der Waals surface area contributed by atoms with Crippen molar-refractivity contribution in [2.45, 2.75) is 57.5 Å². The summed E-state index contributed by atoms with van der Waals surface area (Å²) < 4.78 is 3.30. The number of rotatable bonds is 1. The normalized spacial score (nSPS) is 20.5. The number of nitrogens with zero attached hydrogens (tertiary/aromatic N) is 2. The Hall–Kier alpha value is -1.32. The fourth-order valence-electron chi connectivity index (χ4n) is 3.18. The summed E-state index contributed by atoms with van der Waals surface area (Å²) in [5, 5.41) is 0. The lowest BCUT2D eigenvalue weighted by molar-refractivity contribution is 0.330. The van der Waals surface area contributed by atoms with E-state index < -0.39 is 0 Å². The molecule has 1 aromatic heterocycles. The molecule has 1 aromatic rings. The molecule has 2 heterocycles. The Kier molecular flexibility index (Phi) is 2.65. The lowest BCUT2D eigenvalue weighted by atomic mass is 9.95. The van der Waals surface area contributed by atoms with Gasteiger partial charge in [0.2, 0.25) is 0 Å². The summed E-state index contributed by atoms with van der Waals surface area (Å²) in [6, 6.07) is 1.81. The van der Waals surface area contributed by atoms with Crippen molar-refractivity contribution in [3.63, 3.8) is 0 Å². The molecule has 0 N–H and O–H groups in total. The fourth-order valence-corrected chi connectivity index (χ4v) is 3.18. The maximum atomic E-state index is 12.3. The monoisotopic (exact) mass is 234 g/mol. The summed E-state index contributed by atoms with van der Waals surface area (Å²) in [6.07, 6.45) is 7.33. The molecule has 0 unspecified atom stereocenters. The van der Waals surface area contributed by atoms with Crippen molar-refractivity contribution in [3.05, 3.63) is 32.6 Å². The molecule has 92 valence electrons. The van der Waals surface area contributed by atoms with E-state index in [2.05, 4.69) is 0 Å². The van der Waals surface area contributed by atoms with E-state index in [0.29, 0.717) is 0 Å². The Labute approximate surface area is 99.9 Å². The molecule has 0 atom stereocenters. The molecule has 0 amide bonds. The Morgan fingerprint density at radius 3 is 2.59 bits per heavy atom. The van der Waals surface area contributed by atoms with Gasteiger partial charge in [-0.1, -0.05) is 19.3 Å². The van der Waals surface area contributed by atoms with Crippen LogP contribution in [0.25, 0.3) is 0 Å². The molecule has 2 aliphatic rings. The van der Waals surface area contributed by atoms with Crippen molar-refractivity contribution in [3.8, 4) is 0 Å². The lowest BCUT2D eigenvalue weighted by Gasteiger charge is -2.23. The van der Waals surface area contributed by atoms with Gasteiger partial charge in [-0.25, -0.2) is 4.79 Å². The summed E-state index contributed by atoms with van der Waals surface area (Å²) in [7, 11) is 0. The highest BCUT2D eigenvalue weighted by atomic mass is 16.2. The number of hydrogen-bond donors (Lipinski definition) is 0. The van der Waals surface area contributed by atoms with Crippen molar-refractivity contribution in [2.24, 2.45) is 0 Å². The van der Waals surface area contributed by atoms with E-state index in [0.717, 1.165) is 50.8 Å². The van der Waals surface area contributed by atoms with Gasteiger partial charge in [-0.2, -0.15) is 0 Å². The first-order valence-electron chi connectivity index (χ1n) is 6.62. The topological polar surface area (TPSA) is 44.0 Å². The zero-order chi connectivity index (χ0) is 11.8. The molecule has 17 heavy (non-hydrogen) atoms. The van der Waals surface area contributed by atoms with Crippen molar-refractivity contribution < 1.29 is 0 Å². The van der Waals surface area contributed by atoms with Crippen LogP contribution in [0, 0.1) is 0 Å². The molecule has 0 radical (unpaired) electrons. The largest absolute Gasteiger partial charge is 0.331 e. The van der Waals surface area contributed by atoms with Crippen LogP contribution in [-0.2, 0) is 13.0 Å². The highest BCUT2D eigenvalue weighted by Crippen LogP contribution is 2.26. The number of aryl methyl sites for hydroxylation is 1. The Morgan fingerprint density at radius 2 is 1.82 bits per heavy atom. The van der Waals surface area contributed by atoms with E-state index in [1.165, 1.54) is 11.0 Å². The van der Waals surface area contributed by atoms with Crippen LogP contribution in [0.1, 0.15) is 50.3 Å². The van der Waals surface area contributed by atoms with Crippen LogP contribution in [0.2, 0.25) is 0 Å². The third-order valence-corrected chi connectivity index (χ3v) is 4.07. The van der Waals surface area contributed by atoms with E-state index in [-0.39, 0.29) is 17.3 Å². The Bertz CT molecular complexity index is 535. The second-order valence-corrected chi connectivity index (χ2v) is 5.17. The van der Waals surface area contributed by atoms with Crippen LogP contribution in [0.4, 0.5) is 0 Å². The van der Waals surface area contributed by atoms with E-state index in [1.54, 1.807) is 10.6 Å². The van der Waals surface area contributed by atoms with Crippen LogP contribution in [0.15, 0.2) is 15.7 Å². The molecule has 0 aromatic carbocycles. The van der Waals surface area contributed by atoms with Crippen LogP contribution >= 0.6 is 0 Å². The predicted octanol–water partition coefficient (Wildman–Crippen LogP) is 1.46. The molecule has 3 rings (SSSR count). The predicted molar refractivity (Wildman–Crippen MR) is 65.4 cm³/mol. The molecule has 1 saturated carbocycles. The molecule has 1 fully saturated rings. The number of fused-ring (bicyclic) bond motifs is 1. The van der Waals surface area contributed by atoms with Gasteiger partial charge in [0, 0.05) is 24.3 Å². The second kappa shape index (κ2) is 4.17. The van der Waals surface area contributed by atoms with Crippen LogP contribution in [0.5, 0.6) is 0 Å². The third-order valence-electron chi connectivity index (χ3n) is 4.07. The first-order valence-corrected chi connectivity index (χ1v) is 6.62. The minimum atomic E-state index is -0.0879. The smallest absolute Gasteiger partial charge is 0.298 e. The van der Waals surface area contributed by atoms with Crippen molar-refractivity contribution in [1.29, 1.82) is 0 Å². The first kappa shape index (κ1) is 10.8. The lowest BCUT2D eigenvalue weighted by Crippen LogP contribution is -2.42. The number of hydrogen-bond acceptors (Lipinski definition) is 2. The van der Waals surface area contributed by atoms with Gasteiger partial charge in [-0.3, -0.25) is 13.9 Å². The maximum Gasteiger partial charge on any atom is 0.331 e. The molecule has 4 nitrogen and oxygen atoms in total. The maximum absolute atomic E-state index is 12.3. The van der Waals surface area contributed by atoms with Gasteiger partial charge in [0.1, 0.15) is 0 Å². The molecule has 1 aliphatic heterocycles. The molecule has 0 saturated heterocycles. The summed E-state index contributed by atoms with van der Waals surface area (Å²) in [6.45, 7) is 0.779. The van der Waals surface area contributed by atoms with E-state index in [9.17, 15) is 9.59 Å². The second-order valence-electron chi connectivity index (χ2n) is 5.17. The Balaban J connectivity index is 2.10. The minimum Gasteiger partial charge on any atom is -0.298 e. The molecule has 0 spiro atoms. The van der Waals surface area contributed by atoms with Gasteiger partial charge in [-0.15, -0.1) is 0 Å². The van der Waals surface area contributed by atoms with E-state index in [4.69, 9.17) is 0 Å². The van der Waals surface area contributed by atoms with Crippen molar-refractivity contribution in [1.82, 2.24) is 9.13 Å². The molecular formula is C13H18N2O2. The average Bonchev–Trinajstić information content (AvgIpc) is 2.78. The van der Waals surface area contributed by atoms with Crippen LogP contribution in [0.3, 0.4) is 0 Å². The fraction of sp³-hybridized carbons (Fsp3) is 0.692. The number of aromatic nitrogens is 2. The van der Waals surface area contributed by atoms with Crippen molar-refractivity contribution in [2.75, 3.05) is 0 Å². The SMILES string of the molecule is O=c1cc2n(c(=O)n1C1CCCCC1)CCC2. The zero-order valence-corrected chi connectivity index (χ0v) is 10.0. The van der Waals surface area contributed by atoms with E-state index >= 15 is 0 Å². The summed E-state index contributed by atoms with van der Waals surface area (Å²) in [4.78, 5) is 24.4. The highest BCUT2D eigenvalue weighted by molar-refractivity contribution is 5.07. The Morgan fingerprint density at radius 1 is 1.06 bits per heavy atom. The van der Waals surface area contributed by atoms with Gasteiger partial charge in [0.05, 0.1) is 0 Å². The molecule has 0 bridgehead atoms. The molecular weight excluding hydrogens is 216 g/mol. The van der Waals surface area contributed by atoms with Gasteiger partial charge >= 0.3 is 5.69 Å². The molecule has 1 aliphatic carbocycles. The standard InChI is InChI=1S/C13H18N2O2/c16-12-9-11-7-4-8-14(11)13(17)15(12)10-5-2-1-3-6-10/h9-10H,1-8H2. The first-order chi connectivity index (χ1) is 8.27. The van der Waals surface area contributed by atoms with Gasteiger partial charge in [0.25, 0.3) is 5.56 Å². The quantitative estimate of drug-likeness (QED) is 0.738. The zero-order valence-electron chi connectivity index (χ0n) is 10.0. The third kappa shape index (κ3) is 1.75. The highest BCUT2D eigenvalue weighted by Gasteiger charge is 2.22. The summed E-state index contributed by atoms with van der Waals surface area (Å²) in [5.74, 6) is 0. The van der Waals surface area contributed by atoms with Crippen molar-refractivity contribution >= 4 is 0 Å². The van der Waals surface area contributed by atoms with Gasteiger partial charge < -0.3 is 0 Å². The average molecular weight is 234 g/mol. The van der Waals surface area contributed by atoms with Gasteiger partial charge in [0.15, 0.2) is 0 Å². The molecule has 4 heteroatoms. The van der Waals surface area contributed by atoms with E-state index in [1.807, 2.05) is 0 Å². The summed E-state index contributed by atoms with van der Waals surface area (Å²) in [5.41, 5.74) is 0.763. The van der Waals surface area contributed by atoms with Crippen LogP contribution in [-0.4, -0.2) is 9.13 Å².